The van der Waals surface area contributed by atoms with E-state index in [1.54, 1.807) is 14.2 Å². The van der Waals surface area contributed by atoms with Gasteiger partial charge in [-0.05, 0) is 11.6 Å². The number of likely N-dealkylation sites (N-methyl/N-ethyl adjacent to an activating group) is 2. The van der Waals surface area contributed by atoms with Gasteiger partial charge in [0.25, 0.3) is 0 Å². The lowest BCUT2D eigenvalue weighted by atomic mass is 10.1. The third-order valence-electron chi connectivity index (χ3n) is 2.91. The molecule has 1 aromatic rings. The Morgan fingerprint density at radius 3 is 2.85 bits per heavy atom. The van der Waals surface area contributed by atoms with Crippen LogP contribution in [-0.2, 0) is 16.1 Å². The maximum absolute atomic E-state index is 11.5. The van der Waals surface area contributed by atoms with Gasteiger partial charge in [-0.3, -0.25) is 4.79 Å². The highest BCUT2D eigenvalue weighted by Gasteiger charge is 2.13. The second-order valence-corrected chi connectivity index (χ2v) is 4.85. The number of carbonyl (C=O) groups excluding carboxylic acids is 1. The normalized spacial score (nSPS) is 10.4. The highest BCUT2D eigenvalue weighted by Crippen LogP contribution is 2.29. The average Bonchev–Trinajstić information content (AvgIpc) is 2.43. The van der Waals surface area contributed by atoms with Gasteiger partial charge in [-0.1, -0.05) is 23.7 Å². The third-order valence-corrected chi connectivity index (χ3v) is 3.22. The molecule has 0 atom stereocenters. The van der Waals surface area contributed by atoms with Crippen molar-refractivity contribution >= 4 is 23.2 Å². The minimum Gasteiger partial charge on any atom is -0.383 e. The fourth-order valence-electron chi connectivity index (χ4n) is 1.90. The van der Waals surface area contributed by atoms with Crippen molar-refractivity contribution in [3.8, 4) is 0 Å². The molecular weight excluding hydrogens is 278 g/mol. The van der Waals surface area contributed by atoms with Crippen molar-refractivity contribution in [2.45, 2.75) is 6.54 Å². The van der Waals surface area contributed by atoms with Gasteiger partial charge in [0.2, 0.25) is 5.91 Å². The molecule has 0 heterocycles. The van der Waals surface area contributed by atoms with E-state index < -0.39 is 0 Å². The quantitative estimate of drug-likeness (QED) is 0.710. The Morgan fingerprint density at radius 1 is 1.45 bits per heavy atom. The molecule has 0 aliphatic rings. The van der Waals surface area contributed by atoms with Gasteiger partial charge in [0.15, 0.2) is 0 Å². The molecule has 0 radical (unpaired) electrons. The molecule has 5 nitrogen and oxygen atoms in total. The van der Waals surface area contributed by atoms with E-state index in [9.17, 15) is 4.79 Å². The Kier molecular flexibility index (Phi) is 7.36. The second-order valence-electron chi connectivity index (χ2n) is 4.45. The third kappa shape index (κ3) is 5.00. The van der Waals surface area contributed by atoms with Gasteiger partial charge in [0, 0.05) is 34.3 Å². The lowest BCUT2D eigenvalue weighted by Crippen LogP contribution is -2.34. The molecule has 1 amide bonds. The summed E-state index contributed by atoms with van der Waals surface area (Å²) in [5.74, 6) is -0.0503. The first kappa shape index (κ1) is 16.8. The molecule has 112 valence electrons. The standard InChI is InChI=1S/C14H22ClN3O2/c1-16-13(19)10-18(2)14-11(5-4-6-12(14)15)9-17-7-8-20-3/h4-6,17H,7-10H2,1-3H3,(H,16,19). The molecule has 2 N–H and O–H groups in total. The predicted molar refractivity (Wildman–Crippen MR) is 82.4 cm³/mol. The number of nitrogens with one attached hydrogen (secondary N) is 2. The van der Waals surface area contributed by atoms with E-state index in [0.29, 0.717) is 18.2 Å². The van der Waals surface area contributed by atoms with Gasteiger partial charge in [0.05, 0.1) is 23.9 Å². The maximum Gasteiger partial charge on any atom is 0.239 e. The van der Waals surface area contributed by atoms with Crippen molar-refractivity contribution in [3.05, 3.63) is 28.8 Å². The summed E-state index contributed by atoms with van der Waals surface area (Å²) in [6.45, 7) is 2.37. The minimum atomic E-state index is -0.0503. The van der Waals surface area contributed by atoms with Gasteiger partial charge in [-0.25, -0.2) is 0 Å². The van der Waals surface area contributed by atoms with Crippen LogP contribution in [0.5, 0.6) is 0 Å². The SMILES string of the molecule is CNC(=O)CN(C)c1c(Cl)cccc1CNCCOC. The number of halogens is 1. The first-order valence-corrected chi connectivity index (χ1v) is 6.86. The number of ether oxygens (including phenoxy) is 1. The van der Waals surface area contributed by atoms with Crippen LogP contribution in [0.25, 0.3) is 0 Å². The minimum absolute atomic E-state index is 0.0503. The molecule has 0 aliphatic carbocycles. The summed E-state index contributed by atoms with van der Waals surface area (Å²) in [7, 11) is 5.15. The molecule has 0 aromatic heterocycles. The van der Waals surface area contributed by atoms with Crippen molar-refractivity contribution in [3.63, 3.8) is 0 Å². The summed E-state index contributed by atoms with van der Waals surface area (Å²) in [4.78, 5) is 13.3. The average molecular weight is 300 g/mol. The van der Waals surface area contributed by atoms with E-state index in [2.05, 4.69) is 10.6 Å². The molecule has 0 unspecified atom stereocenters. The van der Waals surface area contributed by atoms with Gasteiger partial charge < -0.3 is 20.3 Å². The van der Waals surface area contributed by atoms with Gasteiger partial charge in [0.1, 0.15) is 0 Å². The second kappa shape index (κ2) is 8.79. The van der Waals surface area contributed by atoms with Crippen molar-refractivity contribution in [2.75, 3.05) is 45.8 Å². The maximum atomic E-state index is 11.5. The molecule has 0 spiro atoms. The van der Waals surface area contributed by atoms with Crippen LogP contribution in [0.2, 0.25) is 5.02 Å². The molecule has 0 saturated carbocycles. The topological polar surface area (TPSA) is 53.6 Å². The first-order valence-electron chi connectivity index (χ1n) is 6.49. The lowest BCUT2D eigenvalue weighted by Gasteiger charge is -2.23. The van der Waals surface area contributed by atoms with E-state index >= 15 is 0 Å². The van der Waals surface area contributed by atoms with Crippen molar-refractivity contribution < 1.29 is 9.53 Å². The largest absolute Gasteiger partial charge is 0.383 e. The van der Waals surface area contributed by atoms with Crippen molar-refractivity contribution in [2.24, 2.45) is 0 Å². The summed E-state index contributed by atoms with van der Waals surface area (Å²) in [5, 5.41) is 6.53. The van der Waals surface area contributed by atoms with Crippen LogP contribution in [0.1, 0.15) is 5.56 Å². The molecule has 1 rings (SSSR count). The first-order chi connectivity index (χ1) is 9.60. The number of hydrogen-bond donors (Lipinski definition) is 2. The summed E-state index contributed by atoms with van der Waals surface area (Å²) in [6.07, 6.45) is 0. The van der Waals surface area contributed by atoms with Crippen LogP contribution in [0.3, 0.4) is 0 Å². The van der Waals surface area contributed by atoms with Gasteiger partial charge in [-0.15, -0.1) is 0 Å². The van der Waals surface area contributed by atoms with Crippen molar-refractivity contribution in [1.29, 1.82) is 0 Å². The van der Waals surface area contributed by atoms with Crippen LogP contribution >= 0.6 is 11.6 Å². The number of benzene rings is 1. The Morgan fingerprint density at radius 2 is 2.20 bits per heavy atom. The van der Waals surface area contributed by atoms with Crippen LogP contribution < -0.4 is 15.5 Å². The van der Waals surface area contributed by atoms with Crippen LogP contribution in [0.15, 0.2) is 18.2 Å². The molecule has 1 aromatic carbocycles. The number of hydrogen-bond acceptors (Lipinski definition) is 4. The Hall–Kier alpha value is -1.30. The van der Waals surface area contributed by atoms with E-state index in [-0.39, 0.29) is 12.5 Å². The summed E-state index contributed by atoms with van der Waals surface area (Å²) in [6, 6.07) is 5.74. The van der Waals surface area contributed by atoms with E-state index in [1.807, 2.05) is 30.1 Å². The van der Waals surface area contributed by atoms with E-state index in [0.717, 1.165) is 17.8 Å². The molecule has 0 fully saturated rings. The van der Waals surface area contributed by atoms with Crippen molar-refractivity contribution in [1.82, 2.24) is 10.6 Å². The number of rotatable bonds is 8. The fraction of sp³-hybridized carbons (Fsp3) is 0.500. The number of amides is 1. The van der Waals surface area contributed by atoms with E-state index in [4.69, 9.17) is 16.3 Å². The molecule has 0 bridgehead atoms. The summed E-state index contributed by atoms with van der Waals surface area (Å²) >= 11 is 6.27. The summed E-state index contributed by atoms with van der Waals surface area (Å²) < 4.78 is 5.00. The Balaban J connectivity index is 2.79. The number of nitrogens with zero attached hydrogens (tertiary/aromatic N) is 1. The number of para-hydroxylation sites is 1. The van der Waals surface area contributed by atoms with Gasteiger partial charge in [-0.2, -0.15) is 0 Å². The Bertz CT molecular complexity index is 440. The Labute approximate surface area is 125 Å². The molecule has 6 heteroatoms. The highest BCUT2D eigenvalue weighted by atomic mass is 35.5. The molecule has 0 saturated heterocycles. The molecule has 20 heavy (non-hydrogen) atoms. The summed E-state index contributed by atoms with van der Waals surface area (Å²) in [5.41, 5.74) is 1.93. The van der Waals surface area contributed by atoms with Gasteiger partial charge >= 0.3 is 0 Å². The van der Waals surface area contributed by atoms with Crippen LogP contribution in [-0.4, -0.2) is 46.8 Å². The fourth-order valence-corrected chi connectivity index (χ4v) is 2.24. The predicted octanol–water partition coefficient (Wildman–Crippen LogP) is 1.26. The smallest absolute Gasteiger partial charge is 0.239 e. The number of anilines is 1. The molecular formula is C14H22ClN3O2. The number of methoxy groups -OCH3 is 1. The monoisotopic (exact) mass is 299 g/mol. The zero-order valence-electron chi connectivity index (χ0n) is 12.2. The zero-order chi connectivity index (χ0) is 15.0. The zero-order valence-corrected chi connectivity index (χ0v) is 13.0. The molecule has 0 aliphatic heterocycles. The highest BCUT2D eigenvalue weighted by molar-refractivity contribution is 6.33. The lowest BCUT2D eigenvalue weighted by molar-refractivity contribution is -0.119. The number of carbonyl (C=O) groups is 1. The van der Waals surface area contributed by atoms with Crippen LogP contribution in [0, 0.1) is 0 Å². The van der Waals surface area contributed by atoms with E-state index in [1.165, 1.54) is 0 Å². The van der Waals surface area contributed by atoms with Crippen LogP contribution in [0.4, 0.5) is 5.69 Å².